The van der Waals surface area contributed by atoms with Crippen molar-refractivity contribution in [1.82, 2.24) is 30.4 Å². The average Bonchev–Trinajstić information content (AvgIpc) is 3.50. The van der Waals surface area contributed by atoms with Gasteiger partial charge in [-0.1, -0.05) is 13.8 Å². The molecule has 15 heteroatoms. The molecule has 4 fully saturated rings. The molecule has 2 aromatic heterocycles. The van der Waals surface area contributed by atoms with E-state index in [4.69, 9.17) is 14.5 Å². The van der Waals surface area contributed by atoms with E-state index in [9.17, 15) is 29.2 Å². The van der Waals surface area contributed by atoms with Gasteiger partial charge in [-0.05, 0) is 93.2 Å². The molecule has 3 unspecified atom stereocenters. The summed E-state index contributed by atoms with van der Waals surface area (Å²) in [6, 6.07) is 15.6. The van der Waals surface area contributed by atoms with Crippen molar-refractivity contribution in [3.63, 3.8) is 0 Å². The second-order valence-corrected chi connectivity index (χ2v) is 18.6. The molecule has 318 valence electrons. The Kier molecular flexibility index (Phi) is 9.36. The minimum Gasteiger partial charge on any atom is -0.490 e. The molecule has 4 aliphatic heterocycles. The van der Waals surface area contributed by atoms with Crippen molar-refractivity contribution in [3.05, 3.63) is 88.7 Å². The van der Waals surface area contributed by atoms with Gasteiger partial charge in [0.15, 0.2) is 0 Å². The van der Waals surface area contributed by atoms with E-state index in [0.717, 1.165) is 72.7 Å². The number of nitrogens with zero attached hydrogens (tertiary/aromatic N) is 6. The number of fused-ring (bicyclic) bond motifs is 3. The van der Waals surface area contributed by atoms with E-state index in [1.54, 1.807) is 36.7 Å². The molecule has 2 aromatic carbocycles. The summed E-state index contributed by atoms with van der Waals surface area (Å²) in [7, 11) is 2.16. The maximum atomic E-state index is 13.8. The summed E-state index contributed by atoms with van der Waals surface area (Å²) in [4.78, 5) is 79.0. The van der Waals surface area contributed by atoms with Crippen LogP contribution in [0.4, 0.5) is 5.82 Å². The number of hydrogen-bond acceptors (Lipinski definition) is 12. The number of benzene rings is 2. The van der Waals surface area contributed by atoms with Crippen LogP contribution in [0.3, 0.4) is 0 Å². The highest BCUT2D eigenvalue weighted by molar-refractivity contribution is 6.23. The molecule has 6 aliphatic rings. The van der Waals surface area contributed by atoms with E-state index in [-0.39, 0.29) is 53.5 Å². The summed E-state index contributed by atoms with van der Waals surface area (Å²) in [6.45, 7) is 9.08. The molecule has 0 spiro atoms. The monoisotopic (exact) mass is 836 g/mol. The fourth-order valence-corrected chi connectivity index (χ4v) is 11.2. The third-order valence-electron chi connectivity index (χ3n) is 14.5. The first-order valence-electron chi connectivity index (χ1n) is 21.5. The van der Waals surface area contributed by atoms with Gasteiger partial charge in [-0.25, -0.2) is 4.98 Å². The SMILES string of the molecule is CN(CC1CCN(c2ccc(C(=O)NC3C(C)(C)[C@@H]4Oc5ccc(C#N)c6nccc(c56)C34C)cn2)CC1)C1CC(Oc2ccc3c(c2)C(=O)N(C2CCC(=O)NC2=O)C3=O)C1. The highest BCUT2D eigenvalue weighted by Crippen LogP contribution is 2.61. The van der Waals surface area contributed by atoms with Gasteiger partial charge < -0.3 is 24.6 Å². The molecule has 2 N–H and O–H groups in total. The number of pyridine rings is 2. The molecule has 0 radical (unpaired) electrons. The average molecular weight is 837 g/mol. The lowest BCUT2D eigenvalue weighted by Gasteiger charge is -2.66. The predicted octanol–water partition coefficient (Wildman–Crippen LogP) is 4.52. The van der Waals surface area contributed by atoms with Crippen LogP contribution in [-0.2, 0) is 15.0 Å². The van der Waals surface area contributed by atoms with Crippen LogP contribution in [0.5, 0.6) is 11.5 Å². The molecule has 5 amide bonds. The predicted molar refractivity (Wildman–Crippen MR) is 226 cm³/mol. The Morgan fingerprint density at radius 1 is 1.00 bits per heavy atom. The lowest BCUT2D eigenvalue weighted by atomic mass is 9.45. The topological polar surface area (TPSA) is 187 Å². The van der Waals surface area contributed by atoms with Crippen LogP contribution in [0, 0.1) is 22.7 Å². The number of piperidine rings is 2. The Morgan fingerprint density at radius 2 is 1.77 bits per heavy atom. The maximum absolute atomic E-state index is 13.8. The fourth-order valence-electron chi connectivity index (χ4n) is 11.2. The molecule has 10 rings (SSSR count). The number of hydrogen-bond donors (Lipinski definition) is 2. The van der Waals surface area contributed by atoms with Gasteiger partial charge in [-0.15, -0.1) is 0 Å². The van der Waals surface area contributed by atoms with Gasteiger partial charge in [0.25, 0.3) is 17.7 Å². The minimum atomic E-state index is -1.00. The van der Waals surface area contributed by atoms with Crippen molar-refractivity contribution < 1.29 is 33.4 Å². The summed E-state index contributed by atoms with van der Waals surface area (Å²) in [5.74, 6) is 0.317. The first kappa shape index (κ1) is 39.7. The molecule has 2 saturated heterocycles. The fraction of sp³-hybridized carbons (Fsp3) is 0.447. The zero-order chi connectivity index (χ0) is 43.2. The first-order chi connectivity index (χ1) is 29.8. The van der Waals surface area contributed by atoms with Gasteiger partial charge in [0.05, 0.1) is 39.2 Å². The van der Waals surface area contributed by atoms with Gasteiger partial charge in [-0.3, -0.25) is 39.2 Å². The molecule has 4 aromatic rings. The zero-order valence-corrected chi connectivity index (χ0v) is 35.1. The lowest BCUT2D eigenvalue weighted by molar-refractivity contribution is -0.136. The molecule has 4 atom stereocenters. The largest absolute Gasteiger partial charge is 0.490 e. The Morgan fingerprint density at radius 3 is 2.50 bits per heavy atom. The summed E-state index contributed by atoms with van der Waals surface area (Å²) >= 11 is 0. The molecule has 2 saturated carbocycles. The molecular formula is C47H48N8O7. The van der Waals surface area contributed by atoms with Crippen molar-refractivity contribution in [3.8, 4) is 17.6 Å². The van der Waals surface area contributed by atoms with Crippen LogP contribution >= 0.6 is 0 Å². The normalized spacial score (nSPS) is 27.4. The highest BCUT2D eigenvalue weighted by atomic mass is 16.5. The van der Waals surface area contributed by atoms with E-state index < -0.39 is 35.1 Å². The number of aromatic nitrogens is 2. The number of carbonyl (C=O) groups excluding carboxylic acids is 5. The van der Waals surface area contributed by atoms with Crippen LogP contribution in [-0.4, -0.2) is 106 Å². The first-order valence-corrected chi connectivity index (χ1v) is 21.5. The van der Waals surface area contributed by atoms with Crippen LogP contribution in [0.15, 0.2) is 60.9 Å². The molecular weight excluding hydrogens is 789 g/mol. The molecule has 15 nitrogen and oxygen atoms in total. The second-order valence-electron chi connectivity index (χ2n) is 18.6. The quantitative estimate of drug-likeness (QED) is 0.225. The van der Waals surface area contributed by atoms with Gasteiger partial charge in [-0.2, -0.15) is 5.26 Å². The van der Waals surface area contributed by atoms with E-state index >= 15 is 0 Å². The zero-order valence-electron chi connectivity index (χ0n) is 35.1. The molecule has 2 aliphatic carbocycles. The number of nitriles is 1. The molecule has 62 heavy (non-hydrogen) atoms. The number of anilines is 1. The Bertz CT molecular complexity index is 2610. The maximum Gasteiger partial charge on any atom is 0.262 e. The summed E-state index contributed by atoms with van der Waals surface area (Å²) in [5, 5.41) is 16.1. The van der Waals surface area contributed by atoms with E-state index in [2.05, 4.69) is 59.3 Å². The summed E-state index contributed by atoms with van der Waals surface area (Å²) in [6.07, 6.45) is 7.15. The number of nitrogens with one attached hydrogen (secondary N) is 2. The lowest BCUT2D eigenvalue weighted by Crippen LogP contribution is -2.78. The van der Waals surface area contributed by atoms with E-state index in [0.29, 0.717) is 34.4 Å². The summed E-state index contributed by atoms with van der Waals surface area (Å²) in [5.41, 5.74) is 2.19. The van der Waals surface area contributed by atoms with Crippen molar-refractivity contribution in [1.29, 1.82) is 5.26 Å². The van der Waals surface area contributed by atoms with Crippen LogP contribution in [0.2, 0.25) is 0 Å². The van der Waals surface area contributed by atoms with Gasteiger partial charge >= 0.3 is 0 Å². The smallest absolute Gasteiger partial charge is 0.262 e. The minimum absolute atomic E-state index is 0.0120. The number of rotatable bonds is 9. The van der Waals surface area contributed by atoms with Crippen LogP contribution in [0.1, 0.15) is 101 Å². The number of carbonyl (C=O) groups is 5. The summed E-state index contributed by atoms with van der Waals surface area (Å²) < 4.78 is 12.8. The van der Waals surface area contributed by atoms with E-state index in [1.807, 2.05) is 24.3 Å². The van der Waals surface area contributed by atoms with Gasteiger partial charge in [0.1, 0.15) is 41.6 Å². The highest BCUT2D eigenvalue weighted by Gasteiger charge is 2.69. The van der Waals surface area contributed by atoms with Crippen molar-refractivity contribution >= 4 is 46.3 Å². The third kappa shape index (κ3) is 6.20. The van der Waals surface area contributed by atoms with Crippen molar-refractivity contribution in [2.24, 2.45) is 11.3 Å². The van der Waals surface area contributed by atoms with E-state index in [1.165, 1.54) is 0 Å². The third-order valence-corrected chi connectivity index (χ3v) is 14.5. The van der Waals surface area contributed by atoms with Crippen LogP contribution < -0.4 is 25.0 Å². The number of imide groups is 2. The molecule has 0 bridgehead atoms. The van der Waals surface area contributed by atoms with Crippen molar-refractivity contribution in [2.75, 3.05) is 31.6 Å². The standard InChI is InChI=1S/C47H48N8O7/c1-46(2)44(47(3)33-13-16-49-39-26(22-48)5-10-35(38(33)39)62-45(46)47)52-40(57)27-6-11-36(50-23-27)54-17-14-25(15-18-54)24-53(4)28-19-30(20-28)61-29-7-8-31-32(21-29)43(60)55(42(31)59)34-9-12-37(56)51-41(34)58/h5-8,10-11,13,16,21,23,25,28,30,34,44-45H,9,12,14-15,17-20,24H2,1-4H3,(H,52,57)(H,51,56,58)/t28?,30?,34?,44?,45-,47?/m0/s1. The van der Waals surface area contributed by atoms with Gasteiger partial charge in [0, 0.05) is 68.1 Å². The Hall–Kier alpha value is -6.40. The second kappa shape index (κ2) is 14.6. The van der Waals surface area contributed by atoms with Gasteiger partial charge in [0.2, 0.25) is 11.8 Å². The van der Waals surface area contributed by atoms with Crippen LogP contribution in [0.25, 0.3) is 10.9 Å². The Balaban J connectivity index is 0.700. The number of amides is 5. The molecule has 6 heterocycles. The Labute approximate surface area is 358 Å². The number of ether oxygens (including phenoxy) is 2. The van der Waals surface area contributed by atoms with Crippen molar-refractivity contribution in [2.45, 2.75) is 95.0 Å².